The van der Waals surface area contributed by atoms with E-state index in [9.17, 15) is 0 Å². The van der Waals surface area contributed by atoms with E-state index in [4.69, 9.17) is 0 Å². The largest absolute Gasteiger partial charge is 0.664 e. The zero-order valence-corrected chi connectivity index (χ0v) is 13.6. The maximum Gasteiger partial charge on any atom is 0.0247 e. The molecule has 0 aliphatic heterocycles. The first-order chi connectivity index (χ1) is 10.9. The number of rotatable bonds is 2. The Morgan fingerprint density at radius 2 is 1.26 bits per heavy atom. The first-order valence-corrected chi connectivity index (χ1v) is 7.20. The zero-order valence-electron chi connectivity index (χ0n) is 12.5. The van der Waals surface area contributed by atoms with E-state index >= 15 is 0 Å². The molecule has 3 heteroatoms. The molecule has 120 valence electrons. The summed E-state index contributed by atoms with van der Waals surface area (Å²) in [5.74, 6) is 0. The summed E-state index contributed by atoms with van der Waals surface area (Å²) in [6.45, 7) is 0. The second-order valence-corrected chi connectivity index (χ2v) is 4.78. The predicted molar refractivity (Wildman–Crippen MR) is 90.5 cm³/mol. The van der Waals surface area contributed by atoms with Gasteiger partial charge in [-0.25, -0.2) is 6.07 Å². The minimum atomic E-state index is 0. The standard InChI is InChI=1S/2C10H8N.Fe/c2*1-2-6-9(5-1)10-7-3-4-8-11-10;/h2*1-8H;/q-5;-1;. The third-order valence-electron chi connectivity index (χ3n) is 3.25. The molecule has 0 atom stereocenters. The Morgan fingerprint density at radius 3 is 1.78 bits per heavy atom. The van der Waals surface area contributed by atoms with Crippen molar-refractivity contribution in [2.75, 3.05) is 0 Å². The number of hydrogen-bond donors (Lipinski definition) is 0. The Kier molecular flexibility index (Phi) is 6.49. The van der Waals surface area contributed by atoms with Crippen LogP contribution >= 0.6 is 0 Å². The maximum atomic E-state index is 4.22. The first-order valence-electron chi connectivity index (χ1n) is 7.20. The van der Waals surface area contributed by atoms with Crippen molar-refractivity contribution in [2.24, 2.45) is 0 Å². The second kappa shape index (κ2) is 8.84. The summed E-state index contributed by atoms with van der Waals surface area (Å²) in [6, 6.07) is 28.2. The van der Waals surface area contributed by atoms with Gasteiger partial charge >= 0.3 is 0 Å². The first kappa shape index (κ1) is 16.9. The van der Waals surface area contributed by atoms with E-state index in [1.54, 1.807) is 0 Å². The molecule has 2 nitrogen and oxygen atoms in total. The minimum Gasteiger partial charge on any atom is -0.664 e. The molecule has 4 aromatic rings. The smallest absolute Gasteiger partial charge is 0.0247 e. The number of aromatic nitrogens is 2. The van der Waals surface area contributed by atoms with Crippen LogP contribution in [0.25, 0.3) is 22.5 Å². The van der Waals surface area contributed by atoms with Gasteiger partial charge in [-0.1, -0.05) is 23.8 Å². The summed E-state index contributed by atoms with van der Waals surface area (Å²) >= 11 is 0. The van der Waals surface area contributed by atoms with Crippen LogP contribution in [0.5, 0.6) is 0 Å². The Labute approximate surface area is 147 Å². The van der Waals surface area contributed by atoms with Crippen molar-refractivity contribution in [1.29, 1.82) is 0 Å². The summed E-state index contributed by atoms with van der Waals surface area (Å²) in [5, 5.41) is 0. The van der Waals surface area contributed by atoms with E-state index in [1.807, 2.05) is 73.1 Å². The van der Waals surface area contributed by atoms with Gasteiger partial charge in [-0.05, 0) is 11.9 Å². The third kappa shape index (κ3) is 4.75. The molecule has 2 aromatic heterocycles. The van der Waals surface area contributed by atoms with Gasteiger partial charge in [0.15, 0.2) is 0 Å². The van der Waals surface area contributed by atoms with Crippen LogP contribution in [-0.4, -0.2) is 9.97 Å². The van der Waals surface area contributed by atoms with Crippen molar-refractivity contribution >= 4 is 0 Å². The molecule has 0 saturated carbocycles. The Hall–Kier alpha value is -2.48. The Balaban J connectivity index is 0.000000160. The summed E-state index contributed by atoms with van der Waals surface area (Å²) < 4.78 is 0. The van der Waals surface area contributed by atoms with Crippen molar-refractivity contribution in [1.82, 2.24) is 9.97 Å². The fourth-order valence-electron chi connectivity index (χ4n) is 2.16. The van der Waals surface area contributed by atoms with Crippen LogP contribution in [-0.2, 0) is 17.1 Å². The second-order valence-electron chi connectivity index (χ2n) is 4.78. The van der Waals surface area contributed by atoms with E-state index in [0.29, 0.717) is 0 Å². The SMILES string of the molecule is [Fe].c1ccc(-[c-]2[cH-][cH-][cH-][cH-]2)nc1.c1ccc(-[c-]2cccc2)nc1. The fourth-order valence-corrected chi connectivity index (χ4v) is 2.16. The van der Waals surface area contributed by atoms with E-state index < -0.39 is 0 Å². The molecule has 23 heavy (non-hydrogen) atoms. The topological polar surface area (TPSA) is 25.8 Å². The zero-order chi connectivity index (χ0) is 15.0. The van der Waals surface area contributed by atoms with Crippen LogP contribution in [0, 0.1) is 0 Å². The molecule has 0 fully saturated rings. The Bertz CT molecular complexity index is 691. The predicted octanol–water partition coefficient (Wildman–Crippen LogP) is 4.93. The molecule has 0 bridgehead atoms. The van der Waals surface area contributed by atoms with Crippen molar-refractivity contribution in [3.05, 3.63) is 97.3 Å². The van der Waals surface area contributed by atoms with E-state index in [1.165, 1.54) is 11.1 Å². The number of hydrogen-bond acceptors (Lipinski definition) is 2. The van der Waals surface area contributed by atoms with Crippen molar-refractivity contribution in [2.45, 2.75) is 0 Å². The molecule has 0 N–H and O–H groups in total. The van der Waals surface area contributed by atoms with E-state index in [2.05, 4.69) is 34.2 Å². The normalized spacial score (nSPS) is 9.39. The van der Waals surface area contributed by atoms with Crippen molar-refractivity contribution in [3.8, 4) is 22.5 Å². The maximum absolute atomic E-state index is 4.22. The van der Waals surface area contributed by atoms with Gasteiger partial charge in [-0.15, -0.1) is 18.2 Å². The van der Waals surface area contributed by atoms with Gasteiger partial charge in [-0.3, -0.25) is 4.98 Å². The molecule has 0 aliphatic rings. The summed E-state index contributed by atoms with van der Waals surface area (Å²) in [5.41, 5.74) is 4.45. The van der Waals surface area contributed by atoms with Gasteiger partial charge in [0.25, 0.3) is 0 Å². The van der Waals surface area contributed by atoms with Gasteiger partial charge in [-0.2, -0.15) is 12.1 Å². The monoisotopic (exact) mass is 340 g/mol. The molecule has 0 aliphatic carbocycles. The molecule has 0 radical (unpaired) electrons. The molecule has 0 spiro atoms. The summed E-state index contributed by atoms with van der Waals surface area (Å²) in [7, 11) is 0. The van der Waals surface area contributed by atoms with Crippen molar-refractivity contribution in [3.63, 3.8) is 0 Å². The molecule has 0 amide bonds. The van der Waals surface area contributed by atoms with Crippen LogP contribution in [0.4, 0.5) is 0 Å². The van der Waals surface area contributed by atoms with E-state index in [0.717, 1.165) is 11.4 Å². The molecular formula is C20H16FeN2-6. The van der Waals surface area contributed by atoms with Crippen LogP contribution in [0.1, 0.15) is 0 Å². The molecule has 0 saturated heterocycles. The van der Waals surface area contributed by atoms with Gasteiger partial charge in [0.1, 0.15) is 0 Å². The van der Waals surface area contributed by atoms with Crippen LogP contribution in [0.3, 0.4) is 0 Å². The average molecular weight is 340 g/mol. The van der Waals surface area contributed by atoms with Gasteiger partial charge in [0.2, 0.25) is 0 Å². The number of nitrogens with zero attached hydrogens (tertiary/aromatic N) is 2. The third-order valence-corrected chi connectivity index (χ3v) is 3.25. The van der Waals surface area contributed by atoms with Crippen LogP contribution in [0.2, 0.25) is 0 Å². The minimum absolute atomic E-state index is 0. The van der Waals surface area contributed by atoms with Gasteiger partial charge in [0.05, 0.1) is 0 Å². The molecular weight excluding hydrogens is 324 g/mol. The molecule has 2 aromatic carbocycles. The van der Waals surface area contributed by atoms with Crippen molar-refractivity contribution < 1.29 is 17.1 Å². The number of pyridine rings is 2. The summed E-state index contributed by atoms with van der Waals surface area (Å²) in [6.07, 6.45) is 3.62. The van der Waals surface area contributed by atoms with Gasteiger partial charge < -0.3 is 46.6 Å². The van der Waals surface area contributed by atoms with E-state index in [-0.39, 0.29) is 17.1 Å². The summed E-state index contributed by atoms with van der Waals surface area (Å²) in [4.78, 5) is 8.44. The van der Waals surface area contributed by atoms with Crippen LogP contribution in [0.15, 0.2) is 97.3 Å². The quantitative estimate of drug-likeness (QED) is 0.382. The average Bonchev–Trinajstić information content (AvgIpc) is 3.31. The van der Waals surface area contributed by atoms with Crippen LogP contribution < -0.4 is 0 Å². The molecule has 4 rings (SSSR count). The Morgan fingerprint density at radius 1 is 0.696 bits per heavy atom. The molecule has 2 heterocycles. The fraction of sp³-hybridized carbons (Fsp3) is 0. The molecule has 0 unspecified atom stereocenters. The van der Waals surface area contributed by atoms with Gasteiger partial charge in [0, 0.05) is 23.3 Å².